The van der Waals surface area contributed by atoms with Gasteiger partial charge in [0.15, 0.2) is 0 Å². The molecule has 0 saturated heterocycles. The van der Waals surface area contributed by atoms with E-state index in [1.807, 2.05) is 18.2 Å². The molecular weight excluding hydrogens is 204 g/mol. The average Bonchev–Trinajstić information content (AvgIpc) is 3.13. The molecule has 1 aromatic rings. The molecule has 1 saturated carbocycles. The predicted octanol–water partition coefficient (Wildman–Crippen LogP) is 1.38. The number of pyridine rings is 1. The van der Waals surface area contributed by atoms with Crippen molar-refractivity contribution in [3.05, 3.63) is 24.4 Å². The molecule has 1 N–H and O–H groups in total. The minimum absolute atomic E-state index is 0.192. The maximum absolute atomic E-state index is 11.3. The molecule has 1 aromatic heterocycles. The zero-order chi connectivity index (χ0) is 11.2. The number of carbonyl (C=O) groups excluding carboxylic acids is 1. The van der Waals surface area contributed by atoms with Crippen molar-refractivity contribution in [2.24, 2.45) is 5.92 Å². The highest BCUT2D eigenvalue weighted by Gasteiger charge is 2.28. The molecule has 1 heterocycles. The van der Waals surface area contributed by atoms with Gasteiger partial charge in [0, 0.05) is 24.7 Å². The lowest BCUT2D eigenvalue weighted by molar-refractivity contribution is -0.122. The third-order valence-electron chi connectivity index (χ3n) is 2.46. The number of ether oxygens (including phenoxy) is 1. The Kier molecular flexibility index (Phi) is 3.75. The van der Waals surface area contributed by atoms with Gasteiger partial charge in [-0.05, 0) is 25.3 Å². The maximum atomic E-state index is 11.3. The molecule has 1 aliphatic rings. The van der Waals surface area contributed by atoms with Crippen LogP contribution in [-0.2, 0) is 4.79 Å². The van der Waals surface area contributed by atoms with Gasteiger partial charge < -0.3 is 10.1 Å². The quantitative estimate of drug-likeness (QED) is 0.737. The highest BCUT2D eigenvalue weighted by molar-refractivity contribution is 5.80. The van der Waals surface area contributed by atoms with Gasteiger partial charge in [0.1, 0.15) is 0 Å². The summed E-state index contributed by atoms with van der Waals surface area (Å²) in [6, 6.07) is 5.56. The van der Waals surface area contributed by atoms with E-state index in [2.05, 4.69) is 10.3 Å². The summed E-state index contributed by atoms with van der Waals surface area (Å²) >= 11 is 0. The van der Waals surface area contributed by atoms with Crippen molar-refractivity contribution in [1.29, 1.82) is 0 Å². The number of nitrogens with one attached hydrogen (secondary N) is 1. The number of amides is 1. The van der Waals surface area contributed by atoms with Crippen molar-refractivity contribution in [3.63, 3.8) is 0 Å². The highest BCUT2D eigenvalue weighted by atomic mass is 16.5. The number of nitrogens with zero attached hydrogens (tertiary/aromatic N) is 1. The van der Waals surface area contributed by atoms with E-state index in [0.29, 0.717) is 19.0 Å². The molecule has 0 spiro atoms. The van der Waals surface area contributed by atoms with Crippen LogP contribution in [0, 0.1) is 5.92 Å². The Morgan fingerprint density at radius 2 is 2.38 bits per heavy atom. The van der Waals surface area contributed by atoms with E-state index < -0.39 is 0 Å². The van der Waals surface area contributed by atoms with Crippen LogP contribution in [0.25, 0.3) is 0 Å². The smallest absolute Gasteiger partial charge is 0.223 e. The SMILES string of the molecule is O=C(NCCCOc1ccccn1)C1CC1. The van der Waals surface area contributed by atoms with Crippen LogP contribution in [-0.4, -0.2) is 24.0 Å². The Balaban J connectivity index is 1.53. The molecular formula is C12H16N2O2. The van der Waals surface area contributed by atoms with Crippen molar-refractivity contribution in [2.45, 2.75) is 19.3 Å². The molecule has 0 unspecified atom stereocenters. The van der Waals surface area contributed by atoms with Crippen molar-refractivity contribution in [2.75, 3.05) is 13.2 Å². The maximum Gasteiger partial charge on any atom is 0.223 e. The summed E-state index contributed by atoms with van der Waals surface area (Å²) in [4.78, 5) is 15.3. The van der Waals surface area contributed by atoms with E-state index in [-0.39, 0.29) is 11.8 Å². The van der Waals surface area contributed by atoms with E-state index in [9.17, 15) is 4.79 Å². The average molecular weight is 220 g/mol. The molecule has 2 rings (SSSR count). The Hall–Kier alpha value is -1.58. The second-order valence-corrected chi connectivity index (χ2v) is 3.94. The van der Waals surface area contributed by atoms with Gasteiger partial charge in [-0.3, -0.25) is 4.79 Å². The standard InChI is InChI=1S/C12H16N2O2/c15-12(10-5-6-10)14-8-3-9-16-11-4-1-2-7-13-11/h1-2,4,7,10H,3,5-6,8-9H2,(H,14,15). The lowest BCUT2D eigenvalue weighted by Gasteiger charge is -2.05. The molecule has 1 amide bonds. The fraction of sp³-hybridized carbons (Fsp3) is 0.500. The van der Waals surface area contributed by atoms with Crippen LogP contribution in [0.2, 0.25) is 0 Å². The first kappa shape index (κ1) is 10.9. The minimum Gasteiger partial charge on any atom is -0.478 e. The number of aromatic nitrogens is 1. The first-order valence-corrected chi connectivity index (χ1v) is 5.68. The van der Waals surface area contributed by atoms with Gasteiger partial charge in [0.2, 0.25) is 11.8 Å². The summed E-state index contributed by atoms with van der Waals surface area (Å²) in [6.07, 6.45) is 4.62. The predicted molar refractivity (Wildman–Crippen MR) is 60.1 cm³/mol. The fourth-order valence-corrected chi connectivity index (χ4v) is 1.38. The Bertz CT molecular complexity index is 336. The molecule has 0 aliphatic heterocycles. The van der Waals surface area contributed by atoms with Crippen molar-refractivity contribution in [1.82, 2.24) is 10.3 Å². The summed E-state index contributed by atoms with van der Waals surface area (Å²) in [5, 5.41) is 2.89. The third kappa shape index (κ3) is 3.53. The number of hydrogen-bond acceptors (Lipinski definition) is 3. The van der Waals surface area contributed by atoms with Crippen LogP contribution in [0.1, 0.15) is 19.3 Å². The first-order chi connectivity index (χ1) is 7.86. The lowest BCUT2D eigenvalue weighted by Crippen LogP contribution is -2.26. The molecule has 0 radical (unpaired) electrons. The third-order valence-corrected chi connectivity index (χ3v) is 2.46. The zero-order valence-corrected chi connectivity index (χ0v) is 9.19. The normalized spacial score (nSPS) is 14.5. The molecule has 4 nitrogen and oxygen atoms in total. The van der Waals surface area contributed by atoms with Gasteiger partial charge in [-0.15, -0.1) is 0 Å². The van der Waals surface area contributed by atoms with Gasteiger partial charge in [-0.1, -0.05) is 6.07 Å². The summed E-state index contributed by atoms with van der Waals surface area (Å²) in [7, 11) is 0. The molecule has 0 bridgehead atoms. The second kappa shape index (κ2) is 5.49. The molecule has 16 heavy (non-hydrogen) atoms. The molecule has 0 atom stereocenters. The molecule has 1 fully saturated rings. The van der Waals surface area contributed by atoms with E-state index in [1.165, 1.54) is 0 Å². The lowest BCUT2D eigenvalue weighted by atomic mass is 10.3. The molecule has 86 valence electrons. The second-order valence-electron chi connectivity index (χ2n) is 3.94. The Morgan fingerprint density at radius 1 is 1.50 bits per heavy atom. The van der Waals surface area contributed by atoms with Gasteiger partial charge in [-0.2, -0.15) is 0 Å². The van der Waals surface area contributed by atoms with E-state index in [0.717, 1.165) is 19.3 Å². The van der Waals surface area contributed by atoms with Crippen LogP contribution in [0.15, 0.2) is 24.4 Å². The number of carbonyl (C=O) groups is 1. The van der Waals surface area contributed by atoms with Crippen LogP contribution < -0.4 is 10.1 Å². The minimum atomic E-state index is 0.192. The highest BCUT2D eigenvalue weighted by Crippen LogP contribution is 2.28. The van der Waals surface area contributed by atoms with Crippen molar-refractivity contribution < 1.29 is 9.53 Å². The molecule has 4 heteroatoms. The van der Waals surface area contributed by atoms with Crippen molar-refractivity contribution >= 4 is 5.91 Å². The van der Waals surface area contributed by atoms with E-state index in [4.69, 9.17) is 4.74 Å². The van der Waals surface area contributed by atoms with E-state index in [1.54, 1.807) is 6.20 Å². The molecule has 0 aromatic carbocycles. The largest absolute Gasteiger partial charge is 0.478 e. The molecule has 1 aliphatic carbocycles. The van der Waals surface area contributed by atoms with Crippen LogP contribution in [0.5, 0.6) is 5.88 Å². The Morgan fingerprint density at radius 3 is 3.06 bits per heavy atom. The summed E-state index contributed by atoms with van der Waals surface area (Å²) in [5.74, 6) is 1.12. The number of rotatable bonds is 6. The van der Waals surface area contributed by atoms with Crippen LogP contribution >= 0.6 is 0 Å². The van der Waals surface area contributed by atoms with Gasteiger partial charge in [0.05, 0.1) is 6.61 Å². The number of hydrogen-bond donors (Lipinski definition) is 1. The fourth-order valence-electron chi connectivity index (χ4n) is 1.38. The summed E-state index contributed by atoms with van der Waals surface area (Å²) < 4.78 is 5.40. The summed E-state index contributed by atoms with van der Waals surface area (Å²) in [6.45, 7) is 1.27. The Labute approximate surface area is 95.0 Å². The van der Waals surface area contributed by atoms with Gasteiger partial charge >= 0.3 is 0 Å². The topological polar surface area (TPSA) is 51.2 Å². The monoisotopic (exact) mass is 220 g/mol. The summed E-state index contributed by atoms with van der Waals surface area (Å²) in [5.41, 5.74) is 0. The first-order valence-electron chi connectivity index (χ1n) is 5.68. The van der Waals surface area contributed by atoms with Gasteiger partial charge in [0.25, 0.3) is 0 Å². The zero-order valence-electron chi connectivity index (χ0n) is 9.19. The van der Waals surface area contributed by atoms with Crippen LogP contribution in [0.3, 0.4) is 0 Å². The van der Waals surface area contributed by atoms with Crippen LogP contribution in [0.4, 0.5) is 0 Å². The van der Waals surface area contributed by atoms with Crippen molar-refractivity contribution in [3.8, 4) is 5.88 Å². The van der Waals surface area contributed by atoms with E-state index >= 15 is 0 Å². The van der Waals surface area contributed by atoms with Gasteiger partial charge in [-0.25, -0.2) is 4.98 Å².